The van der Waals surface area contributed by atoms with Crippen LogP contribution in [-0.2, 0) is 16.9 Å². The molecule has 2 aliphatic heterocycles. The van der Waals surface area contributed by atoms with E-state index in [1.807, 2.05) is 24.3 Å². The van der Waals surface area contributed by atoms with Crippen molar-refractivity contribution in [3.05, 3.63) is 107 Å². The third-order valence-electron chi connectivity index (χ3n) is 8.18. The van der Waals surface area contributed by atoms with Crippen molar-refractivity contribution in [3.8, 4) is 5.75 Å². The van der Waals surface area contributed by atoms with Gasteiger partial charge in [-0.1, -0.05) is 6.07 Å². The Labute approximate surface area is 252 Å². The quantitative estimate of drug-likeness (QED) is 0.264. The number of hydrogen-bond acceptors (Lipinski definition) is 7. The highest BCUT2D eigenvalue weighted by Gasteiger charge is 2.44. The molecule has 0 bridgehead atoms. The van der Waals surface area contributed by atoms with Crippen molar-refractivity contribution in [3.63, 3.8) is 0 Å². The summed E-state index contributed by atoms with van der Waals surface area (Å²) in [5.41, 5.74) is 1.73. The first-order valence-electron chi connectivity index (χ1n) is 14.2. The summed E-state index contributed by atoms with van der Waals surface area (Å²) in [6.45, 7) is 11.5. The first-order valence-corrected chi connectivity index (χ1v) is 14.2. The van der Waals surface area contributed by atoms with E-state index >= 15 is 0 Å². The molecule has 1 aromatic heterocycles. The molecule has 0 amide bonds. The number of carboxylic acid groups (broad SMARTS) is 1. The van der Waals surface area contributed by atoms with Crippen LogP contribution < -0.4 is 14.5 Å². The highest BCUT2D eigenvalue weighted by atomic mass is 19.1. The number of carboxylic acids is 1. The number of benzene rings is 3. The Morgan fingerprint density at radius 1 is 1.05 bits per heavy atom. The molecule has 226 valence electrons. The summed E-state index contributed by atoms with van der Waals surface area (Å²) >= 11 is 0. The molecule has 0 saturated carbocycles. The zero-order valence-electron chi connectivity index (χ0n) is 23.8. The molecular formula is C32H30F2N6O4. The van der Waals surface area contributed by atoms with Gasteiger partial charge in [-0.05, 0) is 55.0 Å². The van der Waals surface area contributed by atoms with Gasteiger partial charge in [0.05, 0.1) is 31.9 Å². The summed E-state index contributed by atoms with van der Waals surface area (Å²) in [5, 5.41) is 13.3. The van der Waals surface area contributed by atoms with Crippen LogP contribution in [-0.4, -0.2) is 65.2 Å². The van der Waals surface area contributed by atoms with Crippen molar-refractivity contribution in [2.75, 3.05) is 49.2 Å². The Kier molecular flexibility index (Phi) is 8.13. The van der Waals surface area contributed by atoms with Crippen LogP contribution in [0.3, 0.4) is 0 Å². The number of halogens is 2. The highest BCUT2D eigenvalue weighted by Crippen LogP contribution is 2.42. The molecule has 0 radical (unpaired) electrons. The van der Waals surface area contributed by atoms with Gasteiger partial charge in [-0.25, -0.2) is 28.1 Å². The second-order valence-electron chi connectivity index (χ2n) is 11.0. The van der Waals surface area contributed by atoms with E-state index in [-0.39, 0.29) is 30.2 Å². The molecule has 3 heterocycles. The van der Waals surface area contributed by atoms with Crippen LogP contribution in [0.4, 0.5) is 25.8 Å². The summed E-state index contributed by atoms with van der Waals surface area (Å²) < 4.78 is 42.5. The van der Waals surface area contributed by atoms with Crippen molar-refractivity contribution in [1.82, 2.24) is 14.8 Å². The van der Waals surface area contributed by atoms with Gasteiger partial charge in [0.25, 0.3) is 0 Å². The van der Waals surface area contributed by atoms with Gasteiger partial charge in [-0.15, -0.1) is 0 Å². The normalized spacial score (nSPS) is 20.0. The number of aromatic nitrogens is 3. The number of carbonyl (C=O) groups is 1. The molecule has 3 aromatic carbocycles. The predicted octanol–water partition coefficient (Wildman–Crippen LogP) is 5.14. The summed E-state index contributed by atoms with van der Waals surface area (Å²) in [7, 11) is 0. The zero-order valence-corrected chi connectivity index (χ0v) is 23.8. The number of ether oxygens (including phenoxy) is 2. The topological polar surface area (TPSA) is 97.3 Å². The van der Waals surface area contributed by atoms with Gasteiger partial charge in [0.2, 0.25) is 5.69 Å². The van der Waals surface area contributed by atoms with Gasteiger partial charge in [0.15, 0.2) is 0 Å². The Morgan fingerprint density at radius 2 is 1.77 bits per heavy atom. The third-order valence-corrected chi connectivity index (χ3v) is 8.18. The molecule has 10 nitrogen and oxygen atoms in total. The minimum absolute atomic E-state index is 0.112. The van der Waals surface area contributed by atoms with Gasteiger partial charge >= 0.3 is 5.97 Å². The number of aromatic carboxylic acids is 1. The minimum atomic E-state index is -1.08. The van der Waals surface area contributed by atoms with E-state index in [9.17, 15) is 13.6 Å². The maximum Gasteiger partial charge on any atom is 0.335 e. The second-order valence-corrected chi connectivity index (χ2v) is 11.0. The van der Waals surface area contributed by atoms with Crippen molar-refractivity contribution in [2.24, 2.45) is 5.92 Å². The summed E-state index contributed by atoms with van der Waals surface area (Å²) in [6.07, 6.45) is 3.32. The standard InChI is InChI=1S/C32H30F2N6O4/c1-35-29-15-26(39-12-10-38(11-13-39)25-5-2-23(3-6-25)31(41)42)7-9-30(29)43-17-22-16-32(44-18-22,19-40-21-36-20-37-40)27-8-4-24(33)14-28(27)34/h2-9,14-15,20-22H,10-13,16-19H2,(H,41,42)/t22-,32+/m1/s1. The average molecular weight is 601 g/mol. The average Bonchev–Trinajstić information content (AvgIpc) is 3.70. The van der Waals surface area contributed by atoms with Crippen LogP contribution in [0.1, 0.15) is 22.3 Å². The van der Waals surface area contributed by atoms with E-state index in [4.69, 9.17) is 21.2 Å². The number of hydrogen-bond donors (Lipinski definition) is 1. The summed E-state index contributed by atoms with van der Waals surface area (Å²) in [6, 6.07) is 15.9. The van der Waals surface area contributed by atoms with E-state index in [1.54, 1.807) is 22.9 Å². The molecular weight excluding hydrogens is 570 g/mol. The second kappa shape index (κ2) is 12.3. The molecule has 2 aliphatic rings. The van der Waals surface area contributed by atoms with Gasteiger partial charge in [-0.2, -0.15) is 5.10 Å². The van der Waals surface area contributed by atoms with E-state index in [2.05, 4.69) is 24.7 Å². The fourth-order valence-corrected chi connectivity index (χ4v) is 5.94. The fraction of sp³-hybridized carbons (Fsp3) is 0.312. The fourth-order valence-electron chi connectivity index (χ4n) is 5.94. The molecule has 4 aromatic rings. The first kappa shape index (κ1) is 29.1. The Balaban J connectivity index is 1.09. The largest absolute Gasteiger partial charge is 0.504 e. The molecule has 1 N–H and O–H groups in total. The zero-order chi connectivity index (χ0) is 30.7. The first-order chi connectivity index (χ1) is 21.3. The predicted molar refractivity (Wildman–Crippen MR) is 158 cm³/mol. The maximum absolute atomic E-state index is 14.9. The van der Waals surface area contributed by atoms with Crippen LogP contribution in [0.15, 0.2) is 73.3 Å². The van der Waals surface area contributed by atoms with Crippen LogP contribution in [0, 0.1) is 24.1 Å². The van der Waals surface area contributed by atoms with Gasteiger partial charge in [0.1, 0.15) is 35.6 Å². The molecule has 44 heavy (non-hydrogen) atoms. The van der Waals surface area contributed by atoms with Crippen LogP contribution in [0.5, 0.6) is 5.75 Å². The molecule has 0 unspecified atom stereocenters. The van der Waals surface area contributed by atoms with Crippen LogP contribution in [0.2, 0.25) is 0 Å². The van der Waals surface area contributed by atoms with Crippen LogP contribution in [0.25, 0.3) is 4.85 Å². The SMILES string of the molecule is [C-]#[N+]c1cc(N2CCN(c3ccc(C(=O)O)cc3)CC2)ccc1OC[C@@H]1CO[C@@](Cn2cncn2)(c2ccc(F)cc2F)C1. The van der Waals surface area contributed by atoms with Gasteiger partial charge in [-0.3, -0.25) is 0 Å². The lowest BCUT2D eigenvalue weighted by atomic mass is 9.87. The van der Waals surface area contributed by atoms with Crippen molar-refractivity contribution < 1.29 is 28.2 Å². The van der Waals surface area contributed by atoms with E-state index < -0.39 is 23.2 Å². The molecule has 2 saturated heterocycles. The molecule has 2 fully saturated rings. The van der Waals surface area contributed by atoms with Crippen LogP contribution >= 0.6 is 0 Å². The Morgan fingerprint density at radius 3 is 2.43 bits per heavy atom. The van der Waals surface area contributed by atoms with Crippen molar-refractivity contribution in [2.45, 2.75) is 18.6 Å². The van der Waals surface area contributed by atoms with E-state index in [1.165, 1.54) is 24.8 Å². The summed E-state index contributed by atoms with van der Waals surface area (Å²) in [4.78, 5) is 23.2. The molecule has 6 rings (SSSR count). The number of piperazine rings is 1. The molecule has 2 atom stereocenters. The monoisotopic (exact) mass is 600 g/mol. The smallest absolute Gasteiger partial charge is 0.335 e. The number of anilines is 2. The molecule has 12 heteroatoms. The van der Waals surface area contributed by atoms with E-state index in [0.717, 1.165) is 43.6 Å². The van der Waals surface area contributed by atoms with E-state index in [0.29, 0.717) is 24.5 Å². The van der Waals surface area contributed by atoms with Gasteiger partial charge < -0.3 is 24.4 Å². The third kappa shape index (κ3) is 6.05. The van der Waals surface area contributed by atoms with Crippen molar-refractivity contribution >= 4 is 23.0 Å². The minimum Gasteiger partial charge on any atom is -0.504 e. The maximum atomic E-state index is 14.9. The van der Waals surface area contributed by atoms with Gasteiger partial charge in [0, 0.05) is 55.1 Å². The molecule has 0 aliphatic carbocycles. The lowest BCUT2D eigenvalue weighted by Gasteiger charge is -2.37. The summed E-state index contributed by atoms with van der Waals surface area (Å²) in [5.74, 6) is -1.95. The number of nitrogens with zero attached hydrogens (tertiary/aromatic N) is 6. The molecule has 0 spiro atoms. The Hall–Kier alpha value is -5.02. The lowest BCUT2D eigenvalue weighted by molar-refractivity contribution is -0.0206. The Bertz CT molecular complexity index is 1670. The number of rotatable bonds is 9. The lowest BCUT2D eigenvalue weighted by Crippen LogP contribution is -2.46. The van der Waals surface area contributed by atoms with Crippen molar-refractivity contribution in [1.29, 1.82) is 0 Å². The highest BCUT2D eigenvalue weighted by molar-refractivity contribution is 5.88.